The molecule has 0 heterocycles. The van der Waals surface area contributed by atoms with E-state index in [2.05, 4.69) is 32.3 Å². The Morgan fingerprint density at radius 2 is 1.86 bits per heavy atom. The average Bonchev–Trinajstić information content (AvgIpc) is 3.13. The lowest BCUT2D eigenvalue weighted by Crippen LogP contribution is -2.54. The summed E-state index contributed by atoms with van der Waals surface area (Å²) in [6.07, 6.45) is 11.4. The minimum Gasteiger partial charge on any atom is -0.497 e. The van der Waals surface area contributed by atoms with Crippen LogP contribution in [0.25, 0.3) is 0 Å². The molecule has 0 amide bonds. The Balaban J connectivity index is 1.45. The van der Waals surface area contributed by atoms with Gasteiger partial charge in [-0.1, -0.05) is 33.3 Å². The molecule has 4 fully saturated rings. The summed E-state index contributed by atoms with van der Waals surface area (Å²) in [5.74, 6) is 11.1. The second-order valence-corrected chi connectivity index (χ2v) is 13.2. The molecule has 0 bridgehead atoms. The highest BCUT2D eigenvalue weighted by molar-refractivity contribution is 5.84. The van der Waals surface area contributed by atoms with Crippen LogP contribution in [0.4, 0.5) is 5.69 Å². The number of nitrogen functional groups attached to an aromatic ring is 1. The summed E-state index contributed by atoms with van der Waals surface area (Å²) in [5, 5.41) is 0. The third kappa shape index (κ3) is 4.11. The second-order valence-electron chi connectivity index (χ2n) is 13.2. The summed E-state index contributed by atoms with van der Waals surface area (Å²) < 4.78 is 5.37. The van der Waals surface area contributed by atoms with E-state index in [0.29, 0.717) is 23.0 Å². The van der Waals surface area contributed by atoms with Crippen LogP contribution < -0.4 is 21.7 Å². The van der Waals surface area contributed by atoms with Gasteiger partial charge in [-0.2, -0.15) is 0 Å². The first-order valence-electron chi connectivity index (χ1n) is 14.1. The van der Waals surface area contributed by atoms with Gasteiger partial charge in [0.15, 0.2) is 5.78 Å². The van der Waals surface area contributed by atoms with Crippen LogP contribution in [-0.2, 0) is 11.2 Å². The molecule has 9 atom stereocenters. The predicted octanol–water partition coefficient (Wildman–Crippen LogP) is 5.37. The summed E-state index contributed by atoms with van der Waals surface area (Å²) in [5.41, 5.74) is 11.6. The Labute approximate surface area is 212 Å². The molecule has 1 aromatic rings. The molecule has 4 saturated carbocycles. The molecule has 4 aliphatic rings. The first-order valence-corrected chi connectivity index (χ1v) is 14.1. The Bertz CT molecular complexity index is 950. The number of carbonyl (C=O) groups excluding carboxylic acids is 1. The minimum absolute atomic E-state index is 0.0444. The van der Waals surface area contributed by atoms with Gasteiger partial charge in [0.25, 0.3) is 0 Å². The van der Waals surface area contributed by atoms with Crippen LogP contribution in [0.5, 0.6) is 5.75 Å². The Morgan fingerprint density at radius 1 is 1.09 bits per heavy atom. The Hall–Kier alpha value is -1.59. The monoisotopic (exact) mass is 481 g/mol. The van der Waals surface area contributed by atoms with Gasteiger partial charge in [-0.05, 0) is 109 Å². The van der Waals surface area contributed by atoms with Gasteiger partial charge in [-0.25, -0.2) is 0 Å². The van der Waals surface area contributed by atoms with Gasteiger partial charge in [-0.3, -0.25) is 16.1 Å². The molecular formula is C30H47N3O2. The van der Waals surface area contributed by atoms with Gasteiger partial charge in [0.2, 0.25) is 0 Å². The quantitative estimate of drug-likeness (QED) is 0.289. The van der Waals surface area contributed by atoms with Crippen molar-refractivity contribution in [2.75, 3.05) is 19.4 Å². The highest BCUT2D eigenvalue weighted by Gasteiger charge is 2.63. The molecule has 0 saturated heterocycles. The average molecular weight is 482 g/mol. The van der Waals surface area contributed by atoms with Crippen LogP contribution in [0.1, 0.15) is 77.7 Å². The normalized spacial score (nSPS) is 42.6. The SMILES string of the molecule is COc1ccc(C[C@@H]2CC3C4CCC5CC(C)CCC5(C)C4CCC3(C)C2C(=O)CNN)c(N)c1. The highest BCUT2D eigenvalue weighted by atomic mass is 16.5. The van der Waals surface area contributed by atoms with Crippen molar-refractivity contribution >= 4 is 11.5 Å². The number of fused-ring (bicyclic) bond motifs is 5. The number of methoxy groups -OCH3 is 1. The molecular weight excluding hydrogens is 434 g/mol. The van der Waals surface area contributed by atoms with Gasteiger partial charge >= 0.3 is 0 Å². The number of anilines is 1. The predicted molar refractivity (Wildman–Crippen MR) is 142 cm³/mol. The van der Waals surface area contributed by atoms with E-state index in [1.54, 1.807) is 7.11 Å². The van der Waals surface area contributed by atoms with Crippen LogP contribution in [0.15, 0.2) is 18.2 Å². The fraction of sp³-hybridized carbons (Fsp3) is 0.767. The third-order valence-corrected chi connectivity index (χ3v) is 11.6. The molecule has 0 spiro atoms. The van der Waals surface area contributed by atoms with Crippen LogP contribution >= 0.6 is 0 Å². The van der Waals surface area contributed by atoms with E-state index in [1.807, 2.05) is 12.1 Å². The van der Waals surface area contributed by atoms with Crippen molar-refractivity contribution in [2.45, 2.75) is 78.6 Å². The minimum atomic E-state index is 0.0444. The van der Waals surface area contributed by atoms with Crippen molar-refractivity contribution in [1.29, 1.82) is 0 Å². The van der Waals surface area contributed by atoms with Crippen molar-refractivity contribution in [2.24, 2.45) is 58.1 Å². The zero-order valence-electron chi connectivity index (χ0n) is 22.3. The number of hydrogen-bond donors (Lipinski definition) is 3. The van der Waals surface area contributed by atoms with E-state index >= 15 is 0 Å². The summed E-state index contributed by atoms with van der Waals surface area (Å²) >= 11 is 0. The Kier molecular flexibility index (Phi) is 6.71. The van der Waals surface area contributed by atoms with Crippen LogP contribution in [-0.4, -0.2) is 19.4 Å². The number of nitrogens with one attached hydrogen (secondary N) is 1. The number of Topliss-reactive ketones (excluding diaryl/α,β-unsaturated/α-hetero) is 1. The van der Waals surface area contributed by atoms with E-state index < -0.39 is 0 Å². The lowest BCUT2D eigenvalue weighted by molar-refractivity contribution is -0.137. The maximum atomic E-state index is 13.6. The molecule has 0 radical (unpaired) electrons. The number of ketones is 1. The zero-order valence-corrected chi connectivity index (χ0v) is 22.3. The third-order valence-electron chi connectivity index (χ3n) is 11.6. The fourth-order valence-electron chi connectivity index (χ4n) is 9.86. The maximum Gasteiger partial charge on any atom is 0.151 e. The number of hydrogen-bond acceptors (Lipinski definition) is 5. The lowest BCUT2D eigenvalue weighted by Gasteiger charge is -2.61. The molecule has 5 rings (SSSR count). The molecule has 5 N–H and O–H groups in total. The molecule has 0 aromatic heterocycles. The summed E-state index contributed by atoms with van der Waals surface area (Å²) in [6, 6.07) is 6.01. The van der Waals surface area contributed by atoms with Crippen molar-refractivity contribution in [3.8, 4) is 5.75 Å². The van der Waals surface area contributed by atoms with Crippen molar-refractivity contribution in [1.82, 2.24) is 5.43 Å². The summed E-state index contributed by atoms with van der Waals surface area (Å²) in [4.78, 5) is 13.6. The molecule has 194 valence electrons. The van der Waals surface area contributed by atoms with E-state index in [9.17, 15) is 4.79 Å². The second kappa shape index (κ2) is 9.37. The van der Waals surface area contributed by atoms with Gasteiger partial charge < -0.3 is 10.5 Å². The van der Waals surface area contributed by atoms with Crippen molar-refractivity contribution in [3.63, 3.8) is 0 Å². The standard InChI is InChI=1S/C30H47N3O2/c1-18-9-11-29(2)21(13-18)6-8-23-24(29)10-12-30(3)25(23)15-20(28(30)27(34)17-33-32)14-19-5-7-22(35-4)16-26(19)31/h5,7,16,18,20-21,23-25,28,33H,6,8-15,17,31-32H2,1-4H3/t18?,20-,21?,23?,24?,25?,28?,29?,30?/m1/s1. The van der Waals surface area contributed by atoms with E-state index in [-0.39, 0.29) is 17.9 Å². The largest absolute Gasteiger partial charge is 0.497 e. The molecule has 5 nitrogen and oxygen atoms in total. The van der Waals surface area contributed by atoms with Crippen LogP contribution in [0.3, 0.4) is 0 Å². The fourth-order valence-corrected chi connectivity index (χ4v) is 9.86. The molecule has 35 heavy (non-hydrogen) atoms. The smallest absolute Gasteiger partial charge is 0.151 e. The number of hydrazine groups is 1. The molecule has 5 heteroatoms. The van der Waals surface area contributed by atoms with E-state index in [0.717, 1.165) is 53.5 Å². The number of benzene rings is 1. The van der Waals surface area contributed by atoms with Crippen LogP contribution in [0, 0.1) is 52.3 Å². The van der Waals surface area contributed by atoms with Crippen LogP contribution in [0.2, 0.25) is 0 Å². The van der Waals surface area contributed by atoms with Crippen molar-refractivity contribution in [3.05, 3.63) is 23.8 Å². The first kappa shape index (κ1) is 25.1. The number of nitrogens with two attached hydrogens (primary N) is 2. The molecule has 8 unspecified atom stereocenters. The van der Waals surface area contributed by atoms with E-state index in [4.69, 9.17) is 16.3 Å². The van der Waals surface area contributed by atoms with E-state index in [1.165, 1.54) is 44.9 Å². The van der Waals surface area contributed by atoms with Gasteiger partial charge in [0, 0.05) is 17.7 Å². The molecule has 4 aliphatic carbocycles. The Morgan fingerprint density at radius 3 is 2.57 bits per heavy atom. The molecule has 0 aliphatic heterocycles. The zero-order chi connectivity index (χ0) is 25.0. The van der Waals surface area contributed by atoms with Gasteiger partial charge in [0.05, 0.1) is 13.7 Å². The summed E-state index contributed by atoms with van der Waals surface area (Å²) in [6.45, 7) is 7.79. The number of carbonyl (C=O) groups is 1. The van der Waals surface area contributed by atoms with Gasteiger partial charge in [0.1, 0.15) is 5.75 Å². The topological polar surface area (TPSA) is 90.4 Å². The number of ether oxygens (including phenoxy) is 1. The summed E-state index contributed by atoms with van der Waals surface area (Å²) in [7, 11) is 1.67. The first-order chi connectivity index (χ1) is 16.7. The maximum absolute atomic E-state index is 13.6. The number of rotatable bonds is 6. The van der Waals surface area contributed by atoms with Gasteiger partial charge in [-0.15, -0.1) is 0 Å². The highest BCUT2D eigenvalue weighted by Crippen LogP contribution is 2.69. The van der Waals surface area contributed by atoms with Crippen molar-refractivity contribution < 1.29 is 9.53 Å². The lowest BCUT2D eigenvalue weighted by atomic mass is 9.44. The molecule has 1 aromatic carbocycles.